The molecule has 5 rings (SSSR count). The number of amides is 1. The van der Waals surface area contributed by atoms with E-state index in [1.165, 1.54) is 0 Å². The molecule has 2 aliphatic rings. The van der Waals surface area contributed by atoms with Gasteiger partial charge in [0.15, 0.2) is 0 Å². The molecule has 0 atom stereocenters. The molecule has 0 saturated carbocycles. The number of thiophene rings is 1. The van der Waals surface area contributed by atoms with Gasteiger partial charge in [0.2, 0.25) is 0 Å². The second-order valence-electron chi connectivity index (χ2n) is 8.03. The number of rotatable bonds is 4. The van der Waals surface area contributed by atoms with Crippen LogP contribution in [0.25, 0.3) is 10.4 Å². The average Bonchev–Trinajstić information content (AvgIpc) is 3.46. The number of carbonyl (C=O) groups excluding carboxylic acids is 1. The summed E-state index contributed by atoms with van der Waals surface area (Å²) in [6, 6.07) is 13.5. The number of hydrogen-bond donors (Lipinski definition) is 3. The molecule has 2 aromatic heterocycles. The first-order valence-electron chi connectivity index (χ1n) is 10.4. The summed E-state index contributed by atoms with van der Waals surface area (Å²) in [5.41, 5.74) is 8.67. The maximum absolute atomic E-state index is 12.8. The van der Waals surface area contributed by atoms with E-state index in [0.717, 1.165) is 53.1 Å². The van der Waals surface area contributed by atoms with Crippen molar-refractivity contribution < 1.29 is 27.7 Å². The Bertz CT molecular complexity index is 1140. The first-order chi connectivity index (χ1) is 15.5. The molecule has 0 unspecified atom stereocenters. The van der Waals surface area contributed by atoms with Crippen molar-refractivity contribution in [2.45, 2.75) is 18.4 Å². The van der Waals surface area contributed by atoms with E-state index in [2.05, 4.69) is 20.5 Å². The van der Waals surface area contributed by atoms with Gasteiger partial charge < -0.3 is 5.73 Å². The predicted octanol–water partition coefficient (Wildman–Crippen LogP) is 3.24. The van der Waals surface area contributed by atoms with Crippen LogP contribution in [0.4, 0.5) is 17.2 Å². The second kappa shape index (κ2) is 8.84. The topological polar surface area (TPSA) is 92.5 Å². The molecule has 0 radical (unpaired) electrons. The minimum absolute atomic E-state index is 0.0784. The van der Waals surface area contributed by atoms with Gasteiger partial charge >= 0.3 is 126 Å². The molecule has 7 nitrogen and oxygen atoms in total. The average molecular weight is 624 g/mol. The Morgan fingerprint density at radius 1 is 1.25 bits per heavy atom. The van der Waals surface area contributed by atoms with Crippen molar-refractivity contribution in [3.8, 4) is 10.4 Å². The van der Waals surface area contributed by atoms with E-state index in [1.54, 1.807) is 35.7 Å². The Morgan fingerprint density at radius 2 is 2.09 bits per heavy atom. The molecule has 3 aromatic rings. The van der Waals surface area contributed by atoms with Gasteiger partial charge in [0, 0.05) is 4.88 Å². The molecule has 1 aromatic carbocycles. The van der Waals surface area contributed by atoms with Gasteiger partial charge in [0.25, 0.3) is 0 Å². The summed E-state index contributed by atoms with van der Waals surface area (Å²) >= 11 is 3.41. The van der Waals surface area contributed by atoms with Gasteiger partial charge in [0.1, 0.15) is 0 Å². The van der Waals surface area contributed by atoms with Gasteiger partial charge in [-0.1, -0.05) is 12.1 Å². The van der Waals surface area contributed by atoms with Gasteiger partial charge in [-0.15, -0.1) is 11.3 Å². The molecule has 2 aliphatic heterocycles. The molecule has 166 valence electrons. The van der Waals surface area contributed by atoms with Crippen molar-refractivity contribution in [1.29, 1.82) is 0 Å². The Kier molecular flexibility index (Phi) is 5.91. The number of hydrogen-bond acceptors (Lipinski definition) is 7. The van der Waals surface area contributed by atoms with Crippen LogP contribution in [0.15, 0.2) is 54.0 Å². The molecule has 32 heavy (non-hydrogen) atoms. The molecule has 4 N–H and O–H groups in total. The van der Waals surface area contributed by atoms with Crippen LogP contribution >= 0.6 is 11.3 Å². The molecule has 0 aliphatic carbocycles. The number of piperidine rings is 1. The van der Waals surface area contributed by atoms with Crippen molar-refractivity contribution >= 4 is 38.8 Å². The Hall–Kier alpha value is -2.43. The molecular formula is C23H23N5O2OsS. The standard InChI is InChI=1S/C23H23N5O2S.Os/c24-18-5-3-16(20-2-1-11-31-20)12-19(18)27-22(29)17-4-6-21(26-13-17)28-9-7-23(8-10-28)14-25-15-30-23;/h1-6,11-13,25H,7-10,14,24H2,(H,27,29);. The molecule has 4 heterocycles. The number of ether oxygens (including phenoxy) is 1. The fourth-order valence-corrected chi connectivity index (χ4v) is 5.57. The van der Waals surface area contributed by atoms with Crippen LogP contribution < -0.4 is 21.3 Å². The number of nitrogens with one attached hydrogen (secondary N) is 2. The number of nitrogen functional groups attached to an aromatic ring is 1. The normalized spacial score (nSPS) is 17.7. The van der Waals surface area contributed by atoms with Gasteiger partial charge in [-0.25, -0.2) is 0 Å². The van der Waals surface area contributed by atoms with E-state index in [0.29, 0.717) is 16.9 Å². The number of nitrogens with zero attached hydrogens (tertiary/aromatic N) is 2. The molecule has 2 saturated heterocycles. The zero-order chi connectivity index (χ0) is 22.1. The van der Waals surface area contributed by atoms with Crippen molar-refractivity contribution in [1.82, 2.24) is 10.3 Å². The summed E-state index contributed by atoms with van der Waals surface area (Å²) in [5, 5.41) is 8.26. The molecular weight excluding hydrogens is 601 g/mol. The number of pyridine rings is 1. The minimum atomic E-state index is -0.228. The van der Waals surface area contributed by atoms with Crippen LogP contribution in [-0.2, 0) is 22.9 Å². The number of anilines is 3. The Balaban J connectivity index is 1.24. The maximum atomic E-state index is 12.8. The first kappa shape index (κ1) is 21.4. The van der Waals surface area contributed by atoms with Gasteiger partial charge in [-0.05, 0) is 29.1 Å². The monoisotopic (exact) mass is 625 g/mol. The van der Waals surface area contributed by atoms with Crippen molar-refractivity contribution in [3.05, 3.63) is 59.6 Å². The van der Waals surface area contributed by atoms with Crippen molar-refractivity contribution in [3.63, 3.8) is 0 Å². The summed E-state index contributed by atoms with van der Waals surface area (Å²) in [4.78, 5) is 20.7. The molecule has 1 spiro atoms. The summed E-state index contributed by atoms with van der Waals surface area (Å²) in [6.45, 7) is 2.63. The van der Waals surface area contributed by atoms with Crippen LogP contribution in [-0.4, -0.2) is 40.5 Å². The third-order valence-corrected chi connectivity index (χ3v) is 7.59. The Labute approximate surface area is 200 Å². The van der Waals surface area contributed by atoms with E-state index in [9.17, 15) is 4.79 Å². The number of aromatic nitrogens is 1. The third-order valence-electron chi connectivity index (χ3n) is 5.96. The van der Waals surface area contributed by atoms with E-state index in [1.807, 2.05) is 47.8 Å². The van der Waals surface area contributed by atoms with Crippen molar-refractivity contribution in [2.24, 2.45) is 0 Å². The fourth-order valence-electron chi connectivity index (χ4n) is 4.07. The predicted molar refractivity (Wildman–Crippen MR) is 125 cm³/mol. The summed E-state index contributed by atoms with van der Waals surface area (Å²) in [5.74, 6) is 0.651. The molecule has 0 bridgehead atoms. The first-order valence-corrected chi connectivity index (χ1v) is 12.6. The van der Waals surface area contributed by atoms with Crippen LogP contribution in [0.3, 0.4) is 0 Å². The zero-order valence-corrected chi connectivity index (χ0v) is 20.6. The SMILES string of the molecule is Nc1ccc(-c2cccs2)cc1NC(=O)c1ccc(N2CCC3(CC2)CN[C](=[Os])O3)nc1. The number of nitrogens with two attached hydrogens (primary N) is 1. The van der Waals surface area contributed by atoms with Crippen LogP contribution in [0, 0.1) is 0 Å². The van der Waals surface area contributed by atoms with E-state index in [4.69, 9.17) is 10.5 Å². The Morgan fingerprint density at radius 3 is 2.75 bits per heavy atom. The van der Waals surface area contributed by atoms with Gasteiger partial charge in [-0.3, -0.25) is 0 Å². The molecule has 2 fully saturated rings. The summed E-state index contributed by atoms with van der Waals surface area (Å²) in [6.07, 6.45) is 3.53. The van der Waals surface area contributed by atoms with Gasteiger partial charge in [-0.2, -0.15) is 0 Å². The third kappa shape index (κ3) is 4.39. The van der Waals surface area contributed by atoms with Crippen LogP contribution in [0.1, 0.15) is 23.2 Å². The fraction of sp³-hybridized carbons (Fsp3) is 0.261. The van der Waals surface area contributed by atoms with Crippen molar-refractivity contribution in [2.75, 3.05) is 35.6 Å². The van der Waals surface area contributed by atoms with Crippen LogP contribution in [0.5, 0.6) is 0 Å². The van der Waals surface area contributed by atoms with E-state index < -0.39 is 0 Å². The van der Waals surface area contributed by atoms with Gasteiger partial charge in [0.05, 0.1) is 11.4 Å². The van der Waals surface area contributed by atoms with Crippen LogP contribution in [0.2, 0.25) is 0 Å². The molecule has 9 heteroatoms. The second-order valence-corrected chi connectivity index (χ2v) is 10.1. The van der Waals surface area contributed by atoms with E-state index in [-0.39, 0.29) is 11.5 Å². The summed E-state index contributed by atoms with van der Waals surface area (Å²) < 4.78 is 6.97. The zero-order valence-electron chi connectivity index (χ0n) is 17.3. The summed E-state index contributed by atoms with van der Waals surface area (Å²) in [7, 11) is 0. The van der Waals surface area contributed by atoms with E-state index >= 15 is 0 Å². The molecule has 1 amide bonds. The number of benzene rings is 1. The quantitative estimate of drug-likeness (QED) is 0.387. The number of carbonyl (C=O) groups is 1.